The van der Waals surface area contributed by atoms with Crippen molar-refractivity contribution >= 4 is 67.7 Å². The Labute approximate surface area is 284 Å². The largest absolute Gasteiger partial charge is 0.504 e. The topological polar surface area (TPSA) is 156 Å². The summed E-state index contributed by atoms with van der Waals surface area (Å²) >= 11 is 13.5. The number of thiazole rings is 1. The van der Waals surface area contributed by atoms with Crippen molar-refractivity contribution in [1.29, 1.82) is 0 Å². The number of halogens is 2. The van der Waals surface area contributed by atoms with Gasteiger partial charge in [-0.1, -0.05) is 64.9 Å². The highest BCUT2D eigenvalue weighted by molar-refractivity contribution is 7.22. The molecule has 2 saturated heterocycles. The van der Waals surface area contributed by atoms with E-state index in [1.807, 2.05) is 18.2 Å². The standard InChI is InChI=1S/C32H31Cl2N7O5S/c1-2-10-39(32(46)36-14-19-6-8-21(33)22(34)11-19)40-17-28(44)41-23(12-18-7-9-24(42)25(43)13-18)30(45)38(16-27(40)41)15-20-4-3-5-26-29(20)37-31(35)47-26/h2-9,11,13,23,27,42-43H,1,10,12,14-17H2,(H2,35,37)(H,36,46)/t23-,27+/m0/s1. The number of fused-ring (bicyclic) bond motifs is 2. The summed E-state index contributed by atoms with van der Waals surface area (Å²) in [6.07, 6.45) is 0.922. The molecule has 0 spiro atoms. The van der Waals surface area contributed by atoms with Crippen molar-refractivity contribution in [3.05, 3.63) is 94.0 Å². The van der Waals surface area contributed by atoms with Crippen LogP contribution in [-0.2, 0) is 29.1 Å². The first-order chi connectivity index (χ1) is 22.5. The number of nitrogens with one attached hydrogen (secondary N) is 1. The fourth-order valence-electron chi connectivity index (χ4n) is 6.01. The summed E-state index contributed by atoms with van der Waals surface area (Å²) in [5.74, 6) is -1.27. The normalized spacial score (nSPS) is 18.1. The Morgan fingerprint density at radius 2 is 1.89 bits per heavy atom. The first-order valence-corrected chi connectivity index (χ1v) is 16.2. The van der Waals surface area contributed by atoms with Gasteiger partial charge in [-0.3, -0.25) is 14.6 Å². The van der Waals surface area contributed by atoms with E-state index in [4.69, 9.17) is 28.9 Å². The lowest BCUT2D eigenvalue weighted by Crippen LogP contribution is -2.66. The molecule has 0 bridgehead atoms. The predicted octanol–water partition coefficient (Wildman–Crippen LogP) is 4.33. The number of hydrogen-bond donors (Lipinski definition) is 4. The fraction of sp³-hybridized carbons (Fsp3) is 0.250. The van der Waals surface area contributed by atoms with Gasteiger partial charge in [-0.05, 0) is 47.0 Å². The van der Waals surface area contributed by atoms with E-state index in [0.717, 1.165) is 15.8 Å². The lowest BCUT2D eigenvalue weighted by molar-refractivity contribution is -0.157. The number of hydrogen-bond acceptors (Lipinski definition) is 9. The van der Waals surface area contributed by atoms with E-state index in [-0.39, 0.29) is 62.5 Å². The van der Waals surface area contributed by atoms with Crippen molar-refractivity contribution < 1.29 is 24.6 Å². The van der Waals surface area contributed by atoms with Crippen LogP contribution >= 0.6 is 34.5 Å². The van der Waals surface area contributed by atoms with Crippen LogP contribution in [0, 0.1) is 0 Å². The van der Waals surface area contributed by atoms with Gasteiger partial charge in [-0.15, -0.1) is 6.58 Å². The van der Waals surface area contributed by atoms with Gasteiger partial charge in [0.2, 0.25) is 11.8 Å². The molecular weight excluding hydrogens is 665 g/mol. The van der Waals surface area contributed by atoms with Crippen LogP contribution in [0.15, 0.2) is 67.3 Å². The molecule has 12 nitrogen and oxygen atoms in total. The van der Waals surface area contributed by atoms with Crippen LogP contribution in [-0.4, -0.2) is 84.7 Å². The molecule has 2 aliphatic heterocycles. The van der Waals surface area contributed by atoms with E-state index in [0.29, 0.717) is 26.3 Å². The van der Waals surface area contributed by atoms with E-state index in [1.54, 1.807) is 40.3 Å². The molecule has 0 saturated carbocycles. The lowest BCUT2D eigenvalue weighted by Gasteiger charge is -2.46. The average molecular weight is 697 g/mol. The van der Waals surface area contributed by atoms with Gasteiger partial charge in [0.15, 0.2) is 16.6 Å². The summed E-state index contributed by atoms with van der Waals surface area (Å²) in [7, 11) is 0. The number of nitrogens with zero attached hydrogens (tertiary/aromatic N) is 5. The number of nitrogens with two attached hydrogens (primary N) is 1. The smallest absolute Gasteiger partial charge is 0.332 e. The molecule has 0 unspecified atom stereocenters. The van der Waals surface area contributed by atoms with Crippen molar-refractivity contribution in [2.24, 2.45) is 0 Å². The second kappa shape index (κ2) is 13.3. The third kappa shape index (κ3) is 6.52. The number of anilines is 1. The second-order valence-electron chi connectivity index (χ2n) is 11.2. The number of aromatic hydroxyl groups is 2. The molecule has 2 aliphatic rings. The molecule has 2 fully saturated rings. The zero-order chi connectivity index (χ0) is 33.4. The van der Waals surface area contributed by atoms with Crippen LogP contribution in [0.25, 0.3) is 10.2 Å². The molecule has 4 amide bonds. The Bertz CT molecular complexity index is 1890. The number of rotatable bonds is 9. The molecular formula is C32H31Cl2N7O5S. The molecule has 15 heteroatoms. The minimum absolute atomic E-state index is 0.0675. The van der Waals surface area contributed by atoms with Crippen molar-refractivity contribution in [2.45, 2.75) is 31.7 Å². The summed E-state index contributed by atoms with van der Waals surface area (Å²) in [5, 5.41) is 27.1. The van der Waals surface area contributed by atoms with E-state index < -0.39 is 18.2 Å². The Kier molecular flexibility index (Phi) is 9.15. The molecule has 3 aromatic carbocycles. The van der Waals surface area contributed by atoms with E-state index >= 15 is 0 Å². The van der Waals surface area contributed by atoms with Gasteiger partial charge in [0.05, 0.1) is 39.9 Å². The van der Waals surface area contributed by atoms with Crippen LogP contribution in [0.3, 0.4) is 0 Å². The van der Waals surface area contributed by atoms with Crippen LogP contribution in [0.2, 0.25) is 10.0 Å². The number of carbonyl (C=O) groups excluding carboxylic acids is 3. The van der Waals surface area contributed by atoms with Crippen molar-refractivity contribution in [3.8, 4) is 11.5 Å². The number of amides is 4. The molecule has 5 N–H and O–H groups in total. The fourth-order valence-corrected chi connectivity index (χ4v) is 7.11. The highest BCUT2D eigenvalue weighted by atomic mass is 35.5. The summed E-state index contributed by atoms with van der Waals surface area (Å²) in [6.45, 7) is 4.19. The first kappa shape index (κ1) is 32.4. The number of piperazine rings is 1. The van der Waals surface area contributed by atoms with Crippen LogP contribution < -0.4 is 11.1 Å². The van der Waals surface area contributed by atoms with Gasteiger partial charge in [0.1, 0.15) is 12.2 Å². The van der Waals surface area contributed by atoms with Gasteiger partial charge in [-0.2, -0.15) is 5.01 Å². The first-order valence-electron chi connectivity index (χ1n) is 14.7. The number of urea groups is 1. The van der Waals surface area contributed by atoms with Crippen LogP contribution in [0.1, 0.15) is 16.7 Å². The summed E-state index contributed by atoms with van der Waals surface area (Å²) in [4.78, 5) is 49.2. The quantitative estimate of drug-likeness (QED) is 0.149. The predicted molar refractivity (Wildman–Crippen MR) is 180 cm³/mol. The maximum Gasteiger partial charge on any atom is 0.332 e. The van der Waals surface area contributed by atoms with Crippen molar-refractivity contribution in [2.75, 3.05) is 25.4 Å². The molecule has 2 atom stereocenters. The number of nitrogen functional groups attached to an aromatic ring is 1. The molecule has 4 aromatic rings. The number of aromatic nitrogens is 1. The van der Waals surface area contributed by atoms with E-state index in [9.17, 15) is 24.6 Å². The van der Waals surface area contributed by atoms with Gasteiger partial charge in [0, 0.05) is 19.5 Å². The molecule has 6 rings (SSSR count). The van der Waals surface area contributed by atoms with Gasteiger partial charge >= 0.3 is 6.03 Å². The monoisotopic (exact) mass is 695 g/mol. The van der Waals surface area contributed by atoms with E-state index in [2.05, 4.69) is 16.9 Å². The lowest BCUT2D eigenvalue weighted by atomic mass is 9.99. The molecule has 1 aromatic heterocycles. The highest BCUT2D eigenvalue weighted by Gasteiger charge is 2.52. The average Bonchev–Trinajstić information content (AvgIpc) is 3.59. The number of benzene rings is 3. The van der Waals surface area contributed by atoms with Gasteiger partial charge in [-0.25, -0.2) is 9.78 Å². The molecule has 244 valence electrons. The minimum atomic E-state index is -0.959. The molecule has 3 heterocycles. The highest BCUT2D eigenvalue weighted by Crippen LogP contribution is 2.34. The third-order valence-corrected chi connectivity index (χ3v) is 9.78. The molecule has 0 aliphatic carbocycles. The maximum absolute atomic E-state index is 14.2. The van der Waals surface area contributed by atoms with Gasteiger partial charge < -0.3 is 31.1 Å². The zero-order valence-corrected chi connectivity index (χ0v) is 27.3. The number of carbonyl (C=O) groups is 3. The van der Waals surface area contributed by atoms with E-state index in [1.165, 1.54) is 33.4 Å². The van der Waals surface area contributed by atoms with Gasteiger partial charge in [0.25, 0.3) is 0 Å². The summed E-state index contributed by atoms with van der Waals surface area (Å²) in [6, 6.07) is 13.6. The second-order valence-corrected chi connectivity index (χ2v) is 13.1. The van der Waals surface area contributed by atoms with Crippen LogP contribution in [0.5, 0.6) is 11.5 Å². The summed E-state index contributed by atoms with van der Waals surface area (Å²) < 4.78 is 0.885. The Balaban J connectivity index is 1.32. The number of phenols is 2. The molecule has 0 radical (unpaired) electrons. The third-order valence-electron chi connectivity index (χ3n) is 8.19. The minimum Gasteiger partial charge on any atom is -0.504 e. The van der Waals surface area contributed by atoms with Crippen molar-refractivity contribution in [3.63, 3.8) is 0 Å². The zero-order valence-electron chi connectivity index (χ0n) is 25.0. The Morgan fingerprint density at radius 3 is 2.64 bits per heavy atom. The number of phenolic OH excluding ortho intramolecular Hbond substituents is 2. The van der Waals surface area contributed by atoms with Crippen LogP contribution in [0.4, 0.5) is 9.93 Å². The van der Waals surface area contributed by atoms with Crippen molar-refractivity contribution in [1.82, 2.24) is 30.1 Å². The molecule has 47 heavy (non-hydrogen) atoms. The Morgan fingerprint density at radius 1 is 1.11 bits per heavy atom. The SMILES string of the molecule is C=CCN(C(=O)NCc1ccc(Cl)c(Cl)c1)N1CC(=O)N2[C@@H](Cc3ccc(O)c(O)c3)C(=O)N(Cc3cccc4sc(N)nc34)C[C@@H]21. The Hall–Kier alpha value is -4.56. The summed E-state index contributed by atoms with van der Waals surface area (Å²) in [5.41, 5.74) is 8.75. The number of hydrazine groups is 1. The maximum atomic E-state index is 14.2. The number of para-hydroxylation sites is 1.